The Morgan fingerprint density at radius 2 is 1.97 bits per heavy atom. The fourth-order valence-corrected chi connectivity index (χ4v) is 4.97. The molecule has 0 spiro atoms. The standard InChI is InChI=1S/C22H15ClF2N6O3S/c1-26-22(34)20-28-19(29-21(33)16-9-4-2-3-5-12(9)35-30-16)18-17(27-13(32)8-31(18)20)14-10(23)6-7-11(24)15(14)25/h2-7,17H,8H2,1H3,(H,26,34)(H,27,32)(H,29,33). The van der Waals surface area contributed by atoms with Gasteiger partial charge in [0.1, 0.15) is 18.3 Å². The molecular formula is C22H15ClF2N6O3S. The molecule has 0 radical (unpaired) electrons. The average molecular weight is 517 g/mol. The van der Waals surface area contributed by atoms with Crippen molar-refractivity contribution >= 4 is 56.8 Å². The van der Waals surface area contributed by atoms with Gasteiger partial charge < -0.3 is 20.5 Å². The highest BCUT2D eigenvalue weighted by Gasteiger charge is 2.37. The molecule has 0 saturated heterocycles. The molecule has 3 N–H and O–H groups in total. The molecule has 9 nitrogen and oxygen atoms in total. The molecular weight excluding hydrogens is 502 g/mol. The van der Waals surface area contributed by atoms with Crippen molar-refractivity contribution < 1.29 is 23.2 Å². The Morgan fingerprint density at radius 3 is 2.74 bits per heavy atom. The number of anilines is 1. The summed E-state index contributed by atoms with van der Waals surface area (Å²) >= 11 is 7.32. The average Bonchev–Trinajstić information content (AvgIpc) is 3.43. The summed E-state index contributed by atoms with van der Waals surface area (Å²) in [5.74, 6) is -4.65. The van der Waals surface area contributed by atoms with Gasteiger partial charge in [-0.3, -0.25) is 14.4 Å². The summed E-state index contributed by atoms with van der Waals surface area (Å²) in [5, 5.41) is 8.04. The molecule has 0 aliphatic carbocycles. The Balaban J connectivity index is 1.67. The summed E-state index contributed by atoms with van der Waals surface area (Å²) in [4.78, 5) is 42.4. The van der Waals surface area contributed by atoms with Crippen LogP contribution in [0, 0.1) is 11.6 Å². The van der Waals surface area contributed by atoms with Crippen LogP contribution in [0.5, 0.6) is 0 Å². The lowest BCUT2D eigenvalue weighted by atomic mass is 10.00. The van der Waals surface area contributed by atoms with Crippen LogP contribution in [0.15, 0.2) is 36.4 Å². The second-order valence-electron chi connectivity index (χ2n) is 7.57. The van der Waals surface area contributed by atoms with Crippen LogP contribution in [0.1, 0.15) is 38.4 Å². The Kier molecular flexibility index (Phi) is 5.69. The SMILES string of the molecule is CNC(=O)c1nc(NC(=O)c2nsc3ccccc23)c2n1CC(=O)NC2c1c(Cl)ccc(F)c1F. The molecule has 0 saturated carbocycles. The summed E-state index contributed by atoms with van der Waals surface area (Å²) in [5.41, 5.74) is -0.179. The van der Waals surface area contributed by atoms with Crippen molar-refractivity contribution in [2.24, 2.45) is 0 Å². The number of nitrogens with one attached hydrogen (secondary N) is 3. The van der Waals surface area contributed by atoms with Gasteiger partial charge in [-0.05, 0) is 29.7 Å². The minimum Gasteiger partial charge on any atom is -0.352 e. The summed E-state index contributed by atoms with van der Waals surface area (Å²) in [7, 11) is 1.37. The molecule has 5 rings (SSSR count). The van der Waals surface area contributed by atoms with E-state index in [1.54, 1.807) is 12.1 Å². The molecule has 13 heteroatoms. The number of halogens is 3. The third kappa shape index (κ3) is 3.80. The van der Waals surface area contributed by atoms with Crippen molar-refractivity contribution in [3.05, 3.63) is 75.8 Å². The van der Waals surface area contributed by atoms with Crippen molar-refractivity contribution in [3.8, 4) is 0 Å². The second-order valence-corrected chi connectivity index (χ2v) is 8.79. The van der Waals surface area contributed by atoms with Crippen LogP contribution >= 0.6 is 23.1 Å². The van der Waals surface area contributed by atoms with Crippen LogP contribution in [-0.4, -0.2) is 38.7 Å². The molecule has 0 fully saturated rings. The maximum absolute atomic E-state index is 14.9. The predicted octanol–water partition coefficient (Wildman–Crippen LogP) is 3.26. The van der Waals surface area contributed by atoms with E-state index >= 15 is 0 Å². The van der Waals surface area contributed by atoms with Crippen LogP contribution in [-0.2, 0) is 11.3 Å². The summed E-state index contributed by atoms with van der Waals surface area (Å²) in [6, 6.07) is 7.78. The number of carbonyl (C=O) groups is 3. The molecule has 1 unspecified atom stereocenters. The van der Waals surface area contributed by atoms with E-state index in [0.29, 0.717) is 5.39 Å². The van der Waals surface area contributed by atoms with Gasteiger partial charge in [0.05, 0.1) is 10.4 Å². The first-order valence-corrected chi connectivity index (χ1v) is 11.4. The van der Waals surface area contributed by atoms with Crippen LogP contribution in [0.4, 0.5) is 14.6 Å². The Labute approximate surface area is 205 Å². The normalized spacial score (nSPS) is 15.0. The zero-order valence-electron chi connectivity index (χ0n) is 17.9. The van der Waals surface area contributed by atoms with Gasteiger partial charge in [0, 0.05) is 23.0 Å². The number of benzene rings is 2. The third-order valence-corrected chi connectivity index (χ3v) is 6.67. The van der Waals surface area contributed by atoms with Gasteiger partial charge in [-0.15, -0.1) is 0 Å². The summed E-state index contributed by atoms with van der Waals surface area (Å²) < 4.78 is 35.2. The first-order valence-electron chi connectivity index (χ1n) is 10.2. The predicted molar refractivity (Wildman–Crippen MR) is 125 cm³/mol. The van der Waals surface area contributed by atoms with Crippen LogP contribution in [0.3, 0.4) is 0 Å². The lowest BCUT2D eigenvalue weighted by molar-refractivity contribution is -0.123. The largest absolute Gasteiger partial charge is 0.352 e. The maximum Gasteiger partial charge on any atom is 0.287 e. The second kappa shape index (κ2) is 8.71. The van der Waals surface area contributed by atoms with Crippen LogP contribution in [0.25, 0.3) is 10.1 Å². The Hall–Kier alpha value is -3.90. The highest BCUT2D eigenvalue weighted by molar-refractivity contribution is 7.13. The zero-order chi connectivity index (χ0) is 24.9. The summed E-state index contributed by atoms with van der Waals surface area (Å²) in [6.07, 6.45) is 0. The van der Waals surface area contributed by atoms with Gasteiger partial charge in [-0.2, -0.15) is 4.37 Å². The highest BCUT2D eigenvalue weighted by atomic mass is 35.5. The Bertz CT molecular complexity index is 1540. The van der Waals surface area contributed by atoms with E-state index in [0.717, 1.165) is 28.4 Å². The van der Waals surface area contributed by atoms with Crippen molar-refractivity contribution in [1.82, 2.24) is 24.6 Å². The first kappa shape index (κ1) is 22.9. The monoisotopic (exact) mass is 516 g/mol. The number of imidazole rings is 1. The molecule has 3 heterocycles. The quantitative estimate of drug-likeness (QED) is 0.360. The van der Waals surface area contributed by atoms with Gasteiger partial charge in [0.2, 0.25) is 11.7 Å². The van der Waals surface area contributed by atoms with Crippen LogP contribution in [0.2, 0.25) is 5.02 Å². The first-order chi connectivity index (χ1) is 16.8. The molecule has 178 valence electrons. The lowest BCUT2D eigenvalue weighted by Gasteiger charge is -2.28. The minimum atomic E-state index is -1.34. The Morgan fingerprint density at radius 1 is 1.20 bits per heavy atom. The van der Waals surface area contributed by atoms with E-state index in [4.69, 9.17) is 11.6 Å². The van der Waals surface area contributed by atoms with Gasteiger partial charge >= 0.3 is 0 Å². The lowest BCUT2D eigenvalue weighted by Crippen LogP contribution is -2.41. The molecule has 1 atom stereocenters. The fourth-order valence-electron chi connectivity index (χ4n) is 3.95. The minimum absolute atomic E-state index is 0.0579. The van der Waals surface area contributed by atoms with E-state index in [-0.39, 0.29) is 40.2 Å². The highest BCUT2D eigenvalue weighted by Crippen LogP contribution is 2.38. The fraction of sp³-hybridized carbons (Fsp3) is 0.136. The van der Waals surface area contributed by atoms with Gasteiger partial charge in [0.15, 0.2) is 17.5 Å². The molecule has 35 heavy (non-hydrogen) atoms. The van der Waals surface area contributed by atoms with E-state index in [9.17, 15) is 23.2 Å². The molecule has 0 bridgehead atoms. The number of fused-ring (bicyclic) bond motifs is 2. The third-order valence-electron chi connectivity index (χ3n) is 5.51. The molecule has 1 aliphatic heterocycles. The maximum atomic E-state index is 14.9. The number of carbonyl (C=O) groups excluding carboxylic acids is 3. The summed E-state index contributed by atoms with van der Waals surface area (Å²) in [6.45, 7) is -0.342. The van der Waals surface area contributed by atoms with Gasteiger partial charge in [-0.1, -0.05) is 29.8 Å². The number of amides is 3. The number of hydrogen-bond acceptors (Lipinski definition) is 6. The number of aromatic nitrogens is 3. The van der Waals surface area contributed by atoms with Gasteiger partial charge in [-0.25, -0.2) is 13.8 Å². The van der Waals surface area contributed by atoms with E-state index in [1.165, 1.54) is 11.6 Å². The van der Waals surface area contributed by atoms with Gasteiger partial charge in [0.25, 0.3) is 11.8 Å². The number of nitrogens with zero attached hydrogens (tertiary/aromatic N) is 3. The van der Waals surface area contributed by atoms with Crippen molar-refractivity contribution in [2.75, 3.05) is 12.4 Å². The van der Waals surface area contributed by atoms with Crippen molar-refractivity contribution in [3.63, 3.8) is 0 Å². The zero-order valence-corrected chi connectivity index (χ0v) is 19.4. The number of hydrogen-bond donors (Lipinski definition) is 3. The van der Waals surface area contributed by atoms with Crippen molar-refractivity contribution in [2.45, 2.75) is 12.6 Å². The molecule has 4 aromatic rings. The smallest absolute Gasteiger partial charge is 0.287 e. The van der Waals surface area contributed by atoms with Crippen molar-refractivity contribution in [1.29, 1.82) is 0 Å². The van der Waals surface area contributed by atoms with E-state index < -0.39 is 35.4 Å². The molecule has 2 aromatic heterocycles. The van der Waals surface area contributed by atoms with Crippen LogP contribution < -0.4 is 16.0 Å². The molecule has 3 amide bonds. The van der Waals surface area contributed by atoms with E-state index in [1.807, 2.05) is 12.1 Å². The molecule has 2 aromatic carbocycles. The molecule has 1 aliphatic rings. The number of rotatable bonds is 4. The van der Waals surface area contributed by atoms with E-state index in [2.05, 4.69) is 25.3 Å². The topological polar surface area (TPSA) is 118 Å².